The quantitative estimate of drug-likeness (QED) is 0.810. The van der Waals surface area contributed by atoms with Crippen LogP contribution in [0.3, 0.4) is 0 Å². The molecule has 2 aromatic carbocycles. The first kappa shape index (κ1) is 8.12. The summed E-state index contributed by atoms with van der Waals surface area (Å²) >= 11 is 0. The van der Waals surface area contributed by atoms with E-state index in [-0.39, 0.29) is 40.8 Å². The van der Waals surface area contributed by atoms with Gasteiger partial charge in [-0.15, -0.1) is 0 Å². The highest BCUT2D eigenvalue weighted by Crippen LogP contribution is 2.39. The fourth-order valence-electron chi connectivity index (χ4n) is 1.59. The largest absolute Gasteiger partial charge is 0.496 e. The third-order valence-corrected chi connectivity index (χ3v) is 2.36. The Hall–Kier alpha value is -2.03. The number of hydrogen-bond acceptors (Lipinski definition) is 2. The van der Waals surface area contributed by atoms with Crippen LogP contribution < -0.4 is 9.47 Å². The van der Waals surface area contributed by atoms with Crippen LogP contribution in [0.5, 0.6) is 11.5 Å². The second kappa shape index (κ2) is 4.87. The standard InChI is InChI=1S/C14H13FO2/c1-16-12-8-5-9-13(17-2)14(12)10-6-3-4-7-11(10)15/h3-9H,1-2H3/i5D,8D,9D. The van der Waals surface area contributed by atoms with Crippen LogP contribution in [0, 0.1) is 5.82 Å². The molecule has 3 heteroatoms. The van der Waals surface area contributed by atoms with E-state index < -0.39 is 5.82 Å². The van der Waals surface area contributed by atoms with Crippen molar-refractivity contribution < 1.29 is 18.0 Å². The molecule has 17 heavy (non-hydrogen) atoms. The van der Waals surface area contributed by atoms with E-state index in [1.807, 2.05) is 0 Å². The second-order valence-corrected chi connectivity index (χ2v) is 3.30. The van der Waals surface area contributed by atoms with Gasteiger partial charge in [0.15, 0.2) is 0 Å². The maximum Gasteiger partial charge on any atom is 0.131 e. The molecule has 0 radical (unpaired) electrons. The van der Waals surface area contributed by atoms with Gasteiger partial charge in [0.1, 0.15) is 17.3 Å². The van der Waals surface area contributed by atoms with Crippen molar-refractivity contribution in [3.8, 4) is 22.6 Å². The summed E-state index contributed by atoms with van der Waals surface area (Å²) in [7, 11) is 2.67. The Kier molecular flexibility index (Phi) is 2.33. The SMILES string of the molecule is [2H]c1c([2H])c(OC)c(-c2ccccc2F)c(OC)c1[2H]. The lowest BCUT2D eigenvalue weighted by Gasteiger charge is -2.13. The lowest BCUT2D eigenvalue weighted by molar-refractivity contribution is 0.397. The Balaban J connectivity index is 2.90. The molecule has 0 heterocycles. The fourth-order valence-corrected chi connectivity index (χ4v) is 1.59. The zero-order valence-corrected chi connectivity index (χ0v) is 9.50. The molecule has 0 aliphatic heterocycles. The topological polar surface area (TPSA) is 18.5 Å². The van der Waals surface area contributed by atoms with E-state index in [1.54, 1.807) is 12.1 Å². The van der Waals surface area contributed by atoms with Crippen LogP contribution in [0.1, 0.15) is 4.11 Å². The van der Waals surface area contributed by atoms with Gasteiger partial charge in [-0.25, -0.2) is 4.39 Å². The van der Waals surface area contributed by atoms with Crippen molar-refractivity contribution >= 4 is 0 Å². The molecule has 2 rings (SSSR count). The van der Waals surface area contributed by atoms with Crippen molar-refractivity contribution in [2.24, 2.45) is 0 Å². The van der Waals surface area contributed by atoms with Crippen molar-refractivity contribution in [3.63, 3.8) is 0 Å². The highest BCUT2D eigenvalue weighted by molar-refractivity contribution is 5.77. The number of ether oxygens (including phenoxy) is 2. The molecule has 0 aliphatic rings. The fraction of sp³-hybridized carbons (Fsp3) is 0.143. The molecule has 0 atom stereocenters. The van der Waals surface area contributed by atoms with Gasteiger partial charge in [-0.3, -0.25) is 0 Å². The minimum Gasteiger partial charge on any atom is -0.496 e. The van der Waals surface area contributed by atoms with E-state index in [1.165, 1.54) is 26.4 Å². The highest BCUT2D eigenvalue weighted by Gasteiger charge is 2.15. The van der Waals surface area contributed by atoms with Crippen LogP contribution >= 0.6 is 0 Å². The number of hydrogen-bond donors (Lipinski definition) is 0. The van der Waals surface area contributed by atoms with E-state index in [9.17, 15) is 4.39 Å². The Morgan fingerprint density at radius 2 is 1.65 bits per heavy atom. The van der Waals surface area contributed by atoms with Gasteiger partial charge in [0.2, 0.25) is 0 Å². The molecule has 0 saturated carbocycles. The van der Waals surface area contributed by atoms with Crippen LogP contribution in [0.2, 0.25) is 0 Å². The van der Waals surface area contributed by atoms with Gasteiger partial charge < -0.3 is 9.47 Å². The average molecular weight is 235 g/mol. The summed E-state index contributed by atoms with van der Waals surface area (Å²) in [5.74, 6) is -0.471. The number of benzene rings is 2. The predicted molar refractivity (Wildman–Crippen MR) is 64.9 cm³/mol. The van der Waals surface area contributed by atoms with E-state index in [0.717, 1.165) is 0 Å². The number of halogens is 1. The summed E-state index contributed by atoms with van der Waals surface area (Å²) in [6.07, 6.45) is 0. The van der Waals surface area contributed by atoms with Gasteiger partial charge in [0.25, 0.3) is 0 Å². The molecule has 0 aliphatic carbocycles. The van der Waals surface area contributed by atoms with Gasteiger partial charge in [0.05, 0.1) is 23.9 Å². The van der Waals surface area contributed by atoms with E-state index in [2.05, 4.69) is 0 Å². The smallest absolute Gasteiger partial charge is 0.131 e. The van der Waals surface area contributed by atoms with Gasteiger partial charge in [-0.1, -0.05) is 24.2 Å². The maximum absolute atomic E-state index is 14.0. The summed E-state index contributed by atoms with van der Waals surface area (Å²) in [4.78, 5) is 0. The summed E-state index contributed by atoms with van der Waals surface area (Å²) in [5.41, 5.74) is 0.349. The first-order valence-corrected chi connectivity index (χ1v) is 4.99. The van der Waals surface area contributed by atoms with Crippen LogP contribution in [-0.4, -0.2) is 14.2 Å². The molecule has 0 spiro atoms. The van der Waals surface area contributed by atoms with Crippen molar-refractivity contribution in [2.75, 3.05) is 14.2 Å². The minimum atomic E-state index is -0.513. The molecule has 0 saturated heterocycles. The van der Waals surface area contributed by atoms with Crippen LogP contribution in [0.4, 0.5) is 4.39 Å². The Morgan fingerprint density at radius 1 is 1.06 bits per heavy atom. The number of methoxy groups -OCH3 is 2. The predicted octanol–water partition coefficient (Wildman–Crippen LogP) is 3.51. The number of rotatable bonds is 3. The third-order valence-electron chi connectivity index (χ3n) is 2.36. The molecule has 2 aromatic rings. The average Bonchev–Trinajstić information content (AvgIpc) is 2.45. The lowest BCUT2D eigenvalue weighted by atomic mass is 10.0. The monoisotopic (exact) mass is 235 g/mol. The summed E-state index contributed by atoms with van der Waals surface area (Å²) in [6, 6.07) is 5.11. The normalized spacial score (nSPS) is 12.5. The van der Waals surface area contributed by atoms with Crippen molar-refractivity contribution in [2.45, 2.75) is 0 Å². The van der Waals surface area contributed by atoms with E-state index in [4.69, 9.17) is 13.6 Å². The van der Waals surface area contributed by atoms with Crippen LogP contribution in [0.25, 0.3) is 11.1 Å². The molecule has 0 bridgehead atoms. The molecule has 0 amide bonds. The van der Waals surface area contributed by atoms with Crippen LogP contribution in [0.15, 0.2) is 42.4 Å². The lowest BCUT2D eigenvalue weighted by Crippen LogP contribution is -1.94. The first-order valence-electron chi connectivity index (χ1n) is 6.49. The Labute approximate surface area is 104 Å². The zero-order valence-electron chi connectivity index (χ0n) is 12.5. The van der Waals surface area contributed by atoms with Crippen molar-refractivity contribution in [1.29, 1.82) is 0 Å². The van der Waals surface area contributed by atoms with Crippen molar-refractivity contribution in [1.82, 2.24) is 0 Å². The van der Waals surface area contributed by atoms with Gasteiger partial charge in [-0.05, 0) is 18.2 Å². The van der Waals surface area contributed by atoms with Gasteiger partial charge in [-0.2, -0.15) is 0 Å². The summed E-state index contributed by atoms with van der Waals surface area (Å²) in [5, 5.41) is 0. The summed E-state index contributed by atoms with van der Waals surface area (Å²) < 4.78 is 47.7. The molecule has 0 unspecified atom stereocenters. The van der Waals surface area contributed by atoms with Gasteiger partial charge >= 0.3 is 0 Å². The molecular weight excluding hydrogens is 219 g/mol. The first-order chi connectivity index (χ1) is 9.52. The highest BCUT2D eigenvalue weighted by atomic mass is 19.1. The molecule has 0 aromatic heterocycles. The minimum absolute atomic E-state index is 0.0212. The summed E-state index contributed by atoms with van der Waals surface area (Å²) in [6.45, 7) is 0. The van der Waals surface area contributed by atoms with Crippen molar-refractivity contribution in [3.05, 3.63) is 48.2 Å². The Morgan fingerprint density at radius 3 is 2.18 bits per heavy atom. The second-order valence-electron chi connectivity index (χ2n) is 3.30. The molecule has 0 fully saturated rings. The maximum atomic E-state index is 14.0. The van der Waals surface area contributed by atoms with E-state index in [0.29, 0.717) is 0 Å². The molecule has 0 N–H and O–H groups in total. The van der Waals surface area contributed by atoms with E-state index >= 15 is 0 Å². The Bertz CT molecular complexity index is 628. The van der Waals surface area contributed by atoms with Gasteiger partial charge in [0, 0.05) is 5.56 Å². The third kappa shape index (κ3) is 2.09. The molecular formula is C14H13FO2. The zero-order chi connectivity index (χ0) is 14.9. The van der Waals surface area contributed by atoms with Crippen LogP contribution in [-0.2, 0) is 0 Å². The molecule has 2 nitrogen and oxygen atoms in total. The molecule has 88 valence electrons.